The molecule has 1 aliphatic heterocycles. The number of aromatic nitrogens is 3. The molecular formula is C16H12N4O3. The molecule has 3 aromatic rings. The van der Waals surface area contributed by atoms with Crippen molar-refractivity contribution in [2.75, 3.05) is 11.4 Å². The van der Waals surface area contributed by atoms with Crippen molar-refractivity contribution >= 4 is 28.6 Å². The van der Waals surface area contributed by atoms with Gasteiger partial charge in [-0.05, 0) is 29.8 Å². The van der Waals surface area contributed by atoms with Crippen molar-refractivity contribution < 1.29 is 14.7 Å². The van der Waals surface area contributed by atoms with Crippen LogP contribution in [0.4, 0.5) is 5.69 Å². The van der Waals surface area contributed by atoms with Crippen molar-refractivity contribution in [1.82, 2.24) is 15.4 Å². The summed E-state index contributed by atoms with van der Waals surface area (Å²) >= 11 is 0. The van der Waals surface area contributed by atoms with Crippen LogP contribution in [0.25, 0.3) is 11.0 Å². The van der Waals surface area contributed by atoms with Gasteiger partial charge in [-0.3, -0.25) is 9.59 Å². The minimum Gasteiger partial charge on any atom is -0.481 e. The number of H-pyrrole nitrogens is 1. The molecule has 0 fully saturated rings. The SMILES string of the molecule is O=C(O)[C@@H]1CN(C(=O)c2ccc3n[nH]nc3c2)c2ccccc21. The average Bonchev–Trinajstić information content (AvgIpc) is 3.18. The summed E-state index contributed by atoms with van der Waals surface area (Å²) in [6.07, 6.45) is 0. The van der Waals surface area contributed by atoms with Gasteiger partial charge in [0.1, 0.15) is 17.0 Å². The van der Waals surface area contributed by atoms with Crippen molar-refractivity contribution in [3.05, 3.63) is 53.6 Å². The fourth-order valence-corrected chi connectivity index (χ4v) is 2.94. The molecule has 0 unspecified atom stereocenters. The van der Waals surface area contributed by atoms with Crippen molar-refractivity contribution in [2.45, 2.75) is 5.92 Å². The zero-order chi connectivity index (χ0) is 16.0. The zero-order valence-corrected chi connectivity index (χ0v) is 11.9. The number of carboxylic acid groups (broad SMARTS) is 1. The third-order valence-electron chi connectivity index (χ3n) is 4.07. The first kappa shape index (κ1) is 13.4. The average molecular weight is 308 g/mol. The molecule has 1 amide bonds. The van der Waals surface area contributed by atoms with Gasteiger partial charge in [0, 0.05) is 17.8 Å². The molecule has 0 saturated carbocycles. The van der Waals surface area contributed by atoms with Gasteiger partial charge in [-0.25, -0.2) is 0 Å². The highest BCUT2D eigenvalue weighted by Gasteiger charge is 2.36. The Hall–Kier alpha value is -3.22. The van der Waals surface area contributed by atoms with Gasteiger partial charge >= 0.3 is 5.97 Å². The van der Waals surface area contributed by atoms with Crippen LogP contribution in [0.5, 0.6) is 0 Å². The molecule has 2 aromatic carbocycles. The van der Waals surface area contributed by atoms with E-state index in [0.717, 1.165) is 0 Å². The number of anilines is 1. The standard InChI is InChI=1S/C16H12N4O3/c21-15(9-5-6-12-13(7-9)18-19-17-12)20-8-11(16(22)23)10-3-1-2-4-14(10)20/h1-7,11H,8H2,(H,22,23)(H,17,18,19)/t11-/m1/s1. The fraction of sp³-hybridized carbons (Fsp3) is 0.125. The Bertz CT molecular complexity index is 934. The van der Waals surface area contributed by atoms with Crippen LogP contribution in [0.15, 0.2) is 42.5 Å². The highest BCUT2D eigenvalue weighted by molar-refractivity contribution is 6.09. The fourth-order valence-electron chi connectivity index (χ4n) is 2.94. The number of hydrogen-bond donors (Lipinski definition) is 2. The Balaban J connectivity index is 1.75. The number of nitrogens with zero attached hydrogens (tertiary/aromatic N) is 3. The van der Waals surface area contributed by atoms with E-state index in [0.29, 0.717) is 27.8 Å². The molecule has 1 aromatic heterocycles. The lowest BCUT2D eigenvalue weighted by Gasteiger charge is -2.17. The Morgan fingerprint density at radius 3 is 2.74 bits per heavy atom. The molecule has 0 bridgehead atoms. The van der Waals surface area contributed by atoms with E-state index < -0.39 is 11.9 Å². The second kappa shape index (κ2) is 4.91. The molecule has 2 heterocycles. The highest BCUT2D eigenvalue weighted by Crippen LogP contribution is 2.37. The van der Waals surface area contributed by atoms with Crippen molar-refractivity contribution in [2.24, 2.45) is 0 Å². The van der Waals surface area contributed by atoms with Crippen LogP contribution in [-0.4, -0.2) is 38.9 Å². The maximum Gasteiger partial charge on any atom is 0.312 e. The van der Waals surface area contributed by atoms with Crippen molar-refractivity contribution in [3.8, 4) is 0 Å². The number of hydrogen-bond acceptors (Lipinski definition) is 4. The maximum atomic E-state index is 12.8. The molecule has 0 aliphatic carbocycles. The van der Waals surface area contributed by atoms with E-state index in [9.17, 15) is 14.7 Å². The van der Waals surface area contributed by atoms with Gasteiger partial charge in [0.05, 0.1) is 0 Å². The number of rotatable bonds is 2. The molecular weight excluding hydrogens is 296 g/mol. The first-order valence-corrected chi connectivity index (χ1v) is 7.09. The van der Waals surface area contributed by atoms with Gasteiger partial charge in [0.25, 0.3) is 5.91 Å². The normalized spacial score (nSPS) is 16.5. The summed E-state index contributed by atoms with van der Waals surface area (Å²) in [5, 5.41) is 19.8. The first-order valence-electron chi connectivity index (χ1n) is 7.09. The summed E-state index contributed by atoms with van der Waals surface area (Å²) in [7, 11) is 0. The summed E-state index contributed by atoms with van der Waals surface area (Å²) in [4.78, 5) is 25.8. The lowest BCUT2D eigenvalue weighted by molar-refractivity contribution is -0.138. The maximum absolute atomic E-state index is 12.8. The molecule has 114 valence electrons. The smallest absolute Gasteiger partial charge is 0.312 e. The second-order valence-corrected chi connectivity index (χ2v) is 5.39. The van der Waals surface area contributed by atoms with Gasteiger partial charge in [-0.1, -0.05) is 18.2 Å². The Morgan fingerprint density at radius 2 is 1.91 bits per heavy atom. The molecule has 0 radical (unpaired) electrons. The lowest BCUT2D eigenvalue weighted by Crippen LogP contribution is -2.31. The highest BCUT2D eigenvalue weighted by atomic mass is 16.4. The van der Waals surface area contributed by atoms with E-state index in [-0.39, 0.29) is 12.5 Å². The largest absolute Gasteiger partial charge is 0.481 e. The minimum absolute atomic E-state index is 0.129. The molecule has 7 heteroatoms. The number of carboxylic acids is 1. The molecule has 4 rings (SSSR count). The summed E-state index contributed by atoms with van der Waals surface area (Å²) < 4.78 is 0. The second-order valence-electron chi connectivity index (χ2n) is 5.39. The van der Waals surface area contributed by atoms with Gasteiger partial charge < -0.3 is 10.0 Å². The topological polar surface area (TPSA) is 99.2 Å². The third-order valence-corrected chi connectivity index (χ3v) is 4.07. The molecule has 2 N–H and O–H groups in total. The van der Waals surface area contributed by atoms with Crippen molar-refractivity contribution in [3.63, 3.8) is 0 Å². The molecule has 1 aliphatic rings. The molecule has 0 saturated heterocycles. The van der Waals surface area contributed by atoms with E-state index in [4.69, 9.17) is 0 Å². The number of aromatic amines is 1. The van der Waals surface area contributed by atoms with E-state index in [1.807, 2.05) is 0 Å². The number of amides is 1. The number of benzene rings is 2. The Kier molecular flexibility index (Phi) is 2.87. The lowest BCUT2D eigenvalue weighted by atomic mass is 10.0. The van der Waals surface area contributed by atoms with E-state index in [2.05, 4.69) is 15.4 Å². The van der Waals surface area contributed by atoms with E-state index in [1.165, 1.54) is 4.90 Å². The summed E-state index contributed by atoms with van der Waals surface area (Å²) in [6.45, 7) is 0.129. The first-order chi connectivity index (χ1) is 11.1. The number of aliphatic carboxylic acids is 1. The molecule has 23 heavy (non-hydrogen) atoms. The molecule has 1 atom stereocenters. The van der Waals surface area contributed by atoms with Crippen LogP contribution in [0.1, 0.15) is 21.8 Å². The van der Waals surface area contributed by atoms with Gasteiger partial charge in [-0.15, -0.1) is 0 Å². The van der Waals surface area contributed by atoms with Crippen LogP contribution in [-0.2, 0) is 4.79 Å². The third kappa shape index (κ3) is 2.05. The summed E-state index contributed by atoms with van der Waals surface area (Å²) in [6, 6.07) is 12.1. The Labute approximate surface area is 130 Å². The molecule has 0 spiro atoms. The van der Waals surface area contributed by atoms with Crippen LogP contribution in [0.3, 0.4) is 0 Å². The number of carbonyl (C=O) groups excluding carboxylic acids is 1. The van der Waals surface area contributed by atoms with Gasteiger partial charge in [-0.2, -0.15) is 15.4 Å². The quantitative estimate of drug-likeness (QED) is 0.752. The van der Waals surface area contributed by atoms with Crippen LogP contribution < -0.4 is 4.90 Å². The van der Waals surface area contributed by atoms with Crippen LogP contribution in [0, 0.1) is 0 Å². The Morgan fingerprint density at radius 1 is 1.13 bits per heavy atom. The van der Waals surface area contributed by atoms with Crippen LogP contribution in [0.2, 0.25) is 0 Å². The number of carbonyl (C=O) groups is 2. The van der Waals surface area contributed by atoms with Gasteiger partial charge in [0.15, 0.2) is 0 Å². The van der Waals surface area contributed by atoms with E-state index in [1.54, 1.807) is 42.5 Å². The number of para-hydroxylation sites is 1. The minimum atomic E-state index is -0.931. The number of fused-ring (bicyclic) bond motifs is 2. The van der Waals surface area contributed by atoms with E-state index >= 15 is 0 Å². The predicted octanol–water partition coefficient (Wildman–Crippen LogP) is 1.79. The van der Waals surface area contributed by atoms with Crippen LogP contribution >= 0.6 is 0 Å². The zero-order valence-electron chi connectivity index (χ0n) is 11.9. The monoisotopic (exact) mass is 308 g/mol. The summed E-state index contributed by atoms with van der Waals surface area (Å²) in [5.74, 6) is -1.88. The predicted molar refractivity (Wildman–Crippen MR) is 82.4 cm³/mol. The van der Waals surface area contributed by atoms with Crippen molar-refractivity contribution in [1.29, 1.82) is 0 Å². The number of nitrogens with one attached hydrogen (secondary N) is 1. The molecule has 7 nitrogen and oxygen atoms in total. The van der Waals surface area contributed by atoms with Gasteiger partial charge in [0.2, 0.25) is 0 Å². The summed E-state index contributed by atoms with van der Waals surface area (Å²) in [5.41, 5.74) is 3.03.